The molecule has 7 heteroatoms. The maximum atomic E-state index is 13.9. The first-order valence-electron chi connectivity index (χ1n) is 12.6. The lowest BCUT2D eigenvalue weighted by Gasteiger charge is -2.36. The van der Waals surface area contributed by atoms with Crippen LogP contribution in [0.15, 0.2) is 24.3 Å². The van der Waals surface area contributed by atoms with Crippen LogP contribution in [0.25, 0.3) is 0 Å². The second-order valence-electron chi connectivity index (χ2n) is 10.7. The van der Waals surface area contributed by atoms with Crippen LogP contribution in [0.1, 0.15) is 90.8 Å². The molecule has 190 valence electrons. The minimum absolute atomic E-state index is 0.0268. The second-order valence-corrected chi connectivity index (χ2v) is 10.7. The first-order chi connectivity index (χ1) is 15.9. The van der Waals surface area contributed by atoms with Gasteiger partial charge in [0.2, 0.25) is 11.8 Å². The van der Waals surface area contributed by atoms with Crippen molar-refractivity contribution in [3.63, 3.8) is 0 Å². The maximum Gasteiger partial charge on any atom is 0.408 e. The summed E-state index contributed by atoms with van der Waals surface area (Å²) in [6.07, 6.45) is 4.05. The van der Waals surface area contributed by atoms with Crippen molar-refractivity contribution in [1.82, 2.24) is 15.5 Å². The molecule has 2 unspecified atom stereocenters. The van der Waals surface area contributed by atoms with Gasteiger partial charge in [0, 0.05) is 12.6 Å². The summed E-state index contributed by atoms with van der Waals surface area (Å²) in [5.74, 6) is -0.604. The van der Waals surface area contributed by atoms with Crippen molar-refractivity contribution in [2.45, 2.75) is 104 Å². The van der Waals surface area contributed by atoms with Crippen molar-refractivity contribution < 1.29 is 19.1 Å². The number of ether oxygens (including phenoxy) is 1. The number of benzene rings is 1. The minimum atomic E-state index is -0.796. The van der Waals surface area contributed by atoms with Gasteiger partial charge >= 0.3 is 6.09 Å². The summed E-state index contributed by atoms with van der Waals surface area (Å²) in [5.41, 5.74) is 1.14. The number of alkyl carbamates (subject to hydrolysis) is 1. The number of hydrogen-bond acceptors (Lipinski definition) is 4. The first kappa shape index (κ1) is 27.7. The van der Waals surface area contributed by atoms with Gasteiger partial charge in [-0.2, -0.15) is 0 Å². The van der Waals surface area contributed by atoms with E-state index in [9.17, 15) is 14.4 Å². The molecule has 34 heavy (non-hydrogen) atoms. The first-order valence-corrected chi connectivity index (χ1v) is 12.6. The number of hydrogen-bond donors (Lipinski definition) is 2. The molecule has 1 saturated carbocycles. The minimum Gasteiger partial charge on any atom is -0.444 e. The summed E-state index contributed by atoms with van der Waals surface area (Å²) in [4.78, 5) is 41.6. The largest absolute Gasteiger partial charge is 0.444 e. The monoisotopic (exact) mass is 473 g/mol. The fourth-order valence-electron chi connectivity index (χ4n) is 3.94. The number of amides is 3. The van der Waals surface area contributed by atoms with Crippen LogP contribution in [0, 0.1) is 12.8 Å². The van der Waals surface area contributed by atoms with Gasteiger partial charge in [-0.3, -0.25) is 9.59 Å². The van der Waals surface area contributed by atoms with Crippen LogP contribution in [-0.4, -0.2) is 47.0 Å². The summed E-state index contributed by atoms with van der Waals surface area (Å²) in [7, 11) is 0. The Labute approximate surface area is 205 Å². The van der Waals surface area contributed by atoms with Crippen molar-refractivity contribution >= 4 is 17.9 Å². The Morgan fingerprint density at radius 1 is 1.15 bits per heavy atom. The Bertz CT molecular complexity index is 843. The van der Waals surface area contributed by atoms with Crippen LogP contribution in [0.3, 0.4) is 0 Å². The van der Waals surface area contributed by atoms with Gasteiger partial charge in [-0.1, -0.05) is 63.4 Å². The zero-order chi connectivity index (χ0) is 25.5. The van der Waals surface area contributed by atoms with Crippen LogP contribution < -0.4 is 10.6 Å². The van der Waals surface area contributed by atoms with Crippen molar-refractivity contribution in [2.24, 2.45) is 5.92 Å². The smallest absolute Gasteiger partial charge is 0.408 e. The lowest BCUT2D eigenvalue weighted by molar-refractivity contribution is -0.144. The van der Waals surface area contributed by atoms with Crippen molar-refractivity contribution in [2.75, 3.05) is 6.54 Å². The number of aryl methyl sites for hydroxylation is 1. The quantitative estimate of drug-likeness (QED) is 0.448. The van der Waals surface area contributed by atoms with E-state index in [1.807, 2.05) is 45.0 Å². The maximum absolute atomic E-state index is 13.9. The predicted octanol–water partition coefficient (Wildman–Crippen LogP) is 4.88. The number of rotatable bonds is 11. The molecule has 0 bridgehead atoms. The van der Waals surface area contributed by atoms with E-state index in [0.29, 0.717) is 6.54 Å². The van der Waals surface area contributed by atoms with Crippen LogP contribution in [0.2, 0.25) is 0 Å². The second kappa shape index (κ2) is 12.2. The molecule has 7 nitrogen and oxygen atoms in total. The number of nitrogens with zero attached hydrogens (tertiary/aromatic N) is 1. The van der Waals surface area contributed by atoms with Crippen LogP contribution in [0.4, 0.5) is 4.79 Å². The molecule has 0 radical (unpaired) electrons. The van der Waals surface area contributed by atoms with Gasteiger partial charge in [0.25, 0.3) is 0 Å². The van der Waals surface area contributed by atoms with Gasteiger partial charge in [0.1, 0.15) is 17.7 Å². The van der Waals surface area contributed by atoms with E-state index in [1.165, 1.54) is 0 Å². The Morgan fingerprint density at radius 3 is 2.35 bits per heavy atom. The number of carbonyl (C=O) groups is 3. The third-order valence-corrected chi connectivity index (χ3v) is 5.76. The fraction of sp³-hybridized carbons (Fsp3) is 0.667. The molecule has 1 aromatic carbocycles. The zero-order valence-corrected chi connectivity index (χ0v) is 21.9. The highest BCUT2D eigenvalue weighted by atomic mass is 16.6. The number of unbranched alkanes of at least 4 members (excludes halogenated alkanes) is 2. The Kier molecular flexibility index (Phi) is 9.95. The van der Waals surface area contributed by atoms with Crippen molar-refractivity contribution in [3.8, 4) is 0 Å². The molecule has 3 amide bonds. The van der Waals surface area contributed by atoms with Crippen LogP contribution in [-0.2, 0) is 14.3 Å². The average molecular weight is 474 g/mol. The number of nitrogens with one attached hydrogen (secondary N) is 2. The molecule has 1 aliphatic carbocycles. The lowest BCUT2D eigenvalue weighted by atomic mass is 9.97. The fourth-order valence-corrected chi connectivity index (χ4v) is 3.94. The summed E-state index contributed by atoms with van der Waals surface area (Å²) in [6.45, 7) is 13.8. The lowest BCUT2D eigenvalue weighted by Crippen LogP contribution is -2.55. The molecule has 2 rings (SSSR count). The zero-order valence-electron chi connectivity index (χ0n) is 21.9. The average Bonchev–Trinajstić information content (AvgIpc) is 3.56. The molecule has 0 heterocycles. The Hall–Kier alpha value is -2.57. The van der Waals surface area contributed by atoms with E-state index in [0.717, 1.165) is 43.2 Å². The summed E-state index contributed by atoms with van der Waals surface area (Å²) < 4.78 is 5.41. The standard InChI is InChI=1S/C27H43N3O4/c1-8-9-10-16-28-24(31)23(20-13-11-12-19(4)17-20)30(21-14-15-21)25(32)22(18(2)3)29-26(33)34-27(5,6)7/h11-13,17-18,21-23H,8-10,14-16H2,1-7H3,(H,28,31)(H,29,33). The summed E-state index contributed by atoms with van der Waals surface area (Å²) >= 11 is 0. The van der Waals surface area contributed by atoms with Crippen molar-refractivity contribution in [3.05, 3.63) is 35.4 Å². The molecule has 0 aliphatic heterocycles. The molecule has 0 saturated heterocycles. The van der Waals surface area contributed by atoms with Gasteiger partial charge in [0.15, 0.2) is 0 Å². The normalized spacial score (nSPS) is 15.4. The van der Waals surface area contributed by atoms with Gasteiger partial charge in [-0.15, -0.1) is 0 Å². The molecule has 2 atom stereocenters. The molecule has 0 aromatic heterocycles. The van der Waals surface area contributed by atoms with E-state index in [2.05, 4.69) is 17.6 Å². The van der Waals surface area contributed by atoms with E-state index in [4.69, 9.17) is 4.74 Å². The van der Waals surface area contributed by atoms with Gasteiger partial charge < -0.3 is 20.3 Å². The van der Waals surface area contributed by atoms with Crippen molar-refractivity contribution in [1.29, 1.82) is 0 Å². The number of carbonyl (C=O) groups excluding carboxylic acids is 3. The van der Waals surface area contributed by atoms with E-state index in [-0.39, 0.29) is 23.8 Å². The van der Waals surface area contributed by atoms with Crippen LogP contribution >= 0.6 is 0 Å². The Morgan fingerprint density at radius 2 is 1.82 bits per heavy atom. The predicted molar refractivity (Wildman–Crippen MR) is 134 cm³/mol. The van der Waals surface area contributed by atoms with E-state index < -0.39 is 23.8 Å². The third-order valence-electron chi connectivity index (χ3n) is 5.76. The van der Waals surface area contributed by atoms with Gasteiger partial charge in [-0.05, 0) is 58.4 Å². The molecule has 2 N–H and O–H groups in total. The molecule has 1 aliphatic rings. The van der Waals surface area contributed by atoms with Gasteiger partial charge in [0.05, 0.1) is 0 Å². The Balaban J connectivity index is 2.36. The highest BCUT2D eigenvalue weighted by Gasteiger charge is 2.44. The summed E-state index contributed by atoms with van der Waals surface area (Å²) in [5, 5.41) is 5.82. The van der Waals surface area contributed by atoms with E-state index >= 15 is 0 Å². The molecular formula is C27H43N3O4. The molecule has 1 aromatic rings. The molecule has 0 spiro atoms. The SMILES string of the molecule is CCCCCNC(=O)C(c1cccc(C)c1)N(C(=O)C(NC(=O)OC(C)(C)C)C(C)C)C1CC1. The topological polar surface area (TPSA) is 87.7 Å². The van der Waals surface area contributed by atoms with Crippen LogP contribution in [0.5, 0.6) is 0 Å². The highest BCUT2D eigenvalue weighted by molar-refractivity contribution is 5.92. The molecular weight excluding hydrogens is 430 g/mol. The van der Waals surface area contributed by atoms with E-state index in [1.54, 1.807) is 25.7 Å². The van der Waals surface area contributed by atoms with Gasteiger partial charge in [-0.25, -0.2) is 4.79 Å². The molecule has 1 fully saturated rings. The highest BCUT2D eigenvalue weighted by Crippen LogP contribution is 2.36. The third kappa shape index (κ3) is 8.33. The summed E-state index contributed by atoms with van der Waals surface area (Å²) in [6, 6.07) is 6.18.